The van der Waals surface area contributed by atoms with Gasteiger partial charge in [-0.1, -0.05) is 6.92 Å². The predicted molar refractivity (Wildman–Crippen MR) is 65.8 cm³/mol. The highest BCUT2D eigenvalue weighted by molar-refractivity contribution is 5.97. The molecule has 0 aliphatic carbocycles. The summed E-state index contributed by atoms with van der Waals surface area (Å²) in [5, 5.41) is 6.94. The number of anilines is 1. The van der Waals surface area contributed by atoms with Gasteiger partial charge in [-0.15, -0.1) is 0 Å². The molecule has 6 nitrogen and oxygen atoms in total. The number of carbonyl (C=O) groups is 1. The van der Waals surface area contributed by atoms with Crippen LogP contribution in [0.15, 0.2) is 0 Å². The topological polar surface area (TPSA) is 82.2 Å². The van der Waals surface area contributed by atoms with Gasteiger partial charge >= 0.3 is 0 Å². The van der Waals surface area contributed by atoms with Crippen molar-refractivity contribution < 1.29 is 9.53 Å². The highest BCUT2D eigenvalue weighted by Crippen LogP contribution is 2.16. The monoisotopic (exact) mass is 240 g/mol. The SMILES string of the molecule is CCOCCNC(=O)c1c(N)c(CC)nn1C. The molecule has 0 fully saturated rings. The minimum Gasteiger partial charge on any atom is -0.395 e. The molecule has 1 aromatic heterocycles. The van der Waals surface area contributed by atoms with Crippen molar-refractivity contribution in [2.45, 2.75) is 20.3 Å². The van der Waals surface area contributed by atoms with E-state index in [1.54, 1.807) is 7.05 Å². The Hall–Kier alpha value is -1.56. The van der Waals surface area contributed by atoms with Crippen molar-refractivity contribution in [1.29, 1.82) is 0 Å². The average Bonchev–Trinajstić information content (AvgIpc) is 2.59. The number of nitrogens with two attached hydrogens (primary N) is 1. The van der Waals surface area contributed by atoms with Gasteiger partial charge in [0.1, 0.15) is 5.69 Å². The standard InChI is InChI=1S/C11H20N4O2/c1-4-8-9(12)10(15(3)14-8)11(16)13-6-7-17-5-2/h4-7,12H2,1-3H3,(H,13,16). The van der Waals surface area contributed by atoms with Gasteiger partial charge in [0, 0.05) is 20.2 Å². The number of nitrogen functional groups attached to an aromatic ring is 1. The van der Waals surface area contributed by atoms with Crippen LogP contribution >= 0.6 is 0 Å². The Morgan fingerprint density at radius 2 is 2.24 bits per heavy atom. The van der Waals surface area contributed by atoms with Gasteiger partial charge in [0.25, 0.3) is 5.91 Å². The highest BCUT2D eigenvalue weighted by atomic mass is 16.5. The summed E-state index contributed by atoms with van der Waals surface area (Å²) in [6, 6.07) is 0. The molecule has 0 aliphatic rings. The summed E-state index contributed by atoms with van der Waals surface area (Å²) in [4.78, 5) is 11.9. The lowest BCUT2D eigenvalue weighted by atomic mass is 10.2. The molecule has 0 radical (unpaired) electrons. The second kappa shape index (κ2) is 6.24. The van der Waals surface area contributed by atoms with E-state index in [0.29, 0.717) is 37.6 Å². The number of ether oxygens (including phenoxy) is 1. The molecule has 6 heteroatoms. The molecule has 0 atom stereocenters. The van der Waals surface area contributed by atoms with Gasteiger partial charge in [-0.25, -0.2) is 0 Å². The largest absolute Gasteiger partial charge is 0.395 e. The van der Waals surface area contributed by atoms with Crippen LogP contribution in [-0.4, -0.2) is 35.4 Å². The second-order valence-electron chi connectivity index (χ2n) is 3.64. The zero-order valence-electron chi connectivity index (χ0n) is 10.6. The van der Waals surface area contributed by atoms with E-state index in [1.165, 1.54) is 4.68 Å². The summed E-state index contributed by atoms with van der Waals surface area (Å²) in [7, 11) is 1.72. The van der Waals surface area contributed by atoms with Crippen LogP contribution in [0.5, 0.6) is 0 Å². The van der Waals surface area contributed by atoms with Crippen molar-refractivity contribution in [2.75, 3.05) is 25.5 Å². The minimum atomic E-state index is -0.211. The van der Waals surface area contributed by atoms with Crippen molar-refractivity contribution in [1.82, 2.24) is 15.1 Å². The molecule has 0 aliphatic heterocycles. The van der Waals surface area contributed by atoms with E-state index in [1.807, 2.05) is 13.8 Å². The van der Waals surface area contributed by atoms with Crippen LogP contribution in [0.4, 0.5) is 5.69 Å². The molecule has 0 bridgehead atoms. The summed E-state index contributed by atoms with van der Waals surface area (Å²) < 4.78 is 6.66. The van der Waals surface area contributed by atoms with Gasteiger partial charge in [-0.05, 0) is 13.3 Å². The van der Waals surface area contributed by atoms with Crippen molar-refractivity contribution in [2.24, 2.45) is 7.05 Å². The van der Waals surface area contributed by atoms with Crippen LogP contribution in [0.2, 0.25) is 0 Å². The number of hydrogen-bond donors (Lipinski definition) is 2. The number of amides is 1. The fraction of sp³-hybridized carbons (Fsp3) is 0.636. The third kappa shape index (κ3) is 3.20. The maximum absolute atomic E-state index is 11.9. The fourth-order valence-corrected chi connectivity index (χ4v) is 1.59. The van der Waals surface area contributed by atoms with Crippen LogP contribution in [0, 0.1) is 0 Å². The van der Waals surface area contributed by atoms with Crippen molar-refractivity contribution in [3.05, 3.63) is 11.4 Å². The highest BCUT2D eigenvalue weighted by Gasteiger charge is 2.18. The zero-order chi connectivity index (χ0) is 12.8. The predicted octanol–water partition coefficient (Wildman–Crippen LogP) is 0.331. The normalized spacial score (nSPS) is 10.5. The van der Waals surface area contributed by atoms with E-state index in [9.17, 15) is 4.79 Å². The number of carbonyl (C=O) groups excluding carboxylic acids is 1. The number of hydrogen-bond acceptors (Lipinski definition) is 4. The number of nitrogens with one attached hydrogen (secondary N) is 1. The van der Waals surface area contributed by atoms with Gasteiger partial charge in [0.15, 0.2) is 0 Å². The quantitative estimate of drug-likeness (QED) is 0.702. The molecular formula is C11H20N4O2. The molecule has 3 N–H and O–H groups in total. The minimum absolute atomic E-state index is 0.211. The molecule has 96 valence electrons. The second-order valence-corrected chi connectivity index (χ2v) is 3.64. The molecule has 0 saturated carbocycles. The molecule has 0 unspecified atom stereocenters. The number of nitrogens with zero attached hydrogens (tertiary/aromatic N) is 2. The van der Waals surface area contributed by atoms with Gasteiger partial charge in [-0.2, -0.15) is 5.10 Å². The van der Waals surface area contributed by atoms with E-state index in [2.05, 4.69) is 10.4 Å². The van der Waals surface area contributed by atoms with Crippen LogP contribution in [0.25, 0.3) is 0 Å². The van der Waals surface area contributed by atoms with E-state index >= 15 is 0 Å². The Bertz CT molecular complexity index is 387. The molecule has 1 aromatic rings. The van der Waals surface area contributed by atoms with E-state index in [-0.39, 0.29) is 5.91 Å². The summed E-state index contributed by atoms with van der Waals surface area (Å²) in [6.45, 7) is 5.48. The first-order chi connectivity index (χ1) is 8.11. The van der Waals surface area contributed by atoms with Crippen molar-refractivity contribution in [3.8, 4) is 0 Å². The molecule has 1 amide bonds. The summed E-state index contributed by atoms with van der Waals surface area (Å²) >= 11 is 0. The molecular weight excluding hydrogens is 220 g/mol. The van der Waals surface area contributed by atoms with Crippen LogP contribution in [-0.2, 0) is 18.2 Å². The number of aromatic nitrogens is 2. The van der Waals surface area contributed by atoms with Gasteiger partial charge in [-0.3, -0.25) is 9.48 Å². The van der Waals surface area contributed by atoms with Gasteiger partial charge in [0.05, 0.1) is 18.0 Å². The third-order valence-corrected chi connectivity index (χ3v) is 2.45. The molecule has 0 aromatic carbocycles. The molecule has 1 rings (SSSR count). The van der Waals surface area contributed by atoms with Gasteiger partial charge in [0.2, 0.25) is 0 Å². The van der Waals surface area contributed by atoms with Crippen LogP contribution in [0.3, 0.4) is 0 Å². The Labute approximate surface area is 101 Å². The Kier molecular flexibility index (Phi) is 4.96. The van der Waals surface area contributed by atoms with Crippen LogP contribution < -0.4 is 11.1 Å². The number of aryl methyl sites for hydroxylation is 2. The summed E-state index contributed by atoms with van der Waals surface area (Å²) in [5.74, 6) is -0.211. The molecule has 0 spiro atoms. The Morgan fingerprint density at radius 3 is 2.76 bits per heavy atom. The van der Waals surface area contributed by atoms with Crippen molar-refractivity contribution in [3.63, 3.8) is 0 Å². The number of rotatable bonds is 6. The lowest BCUT2D eigenvalue weighted by Gasteiger charge is -2.06. The molecule has 0 saturated heterocycles. The smallest absolute Gasteiger partial charge is 0.271 e. The van der Waals surface area contributed by atoms with E-state index < -0.39 is 0 Å². The first kappa shape index (κ1) is 13.5. The van der Waals surface area contributed by atoms with E-state index in [0.717, 1.165) is 5.69 Å². The van der Waals surface area contributed by atoms with Gasteiger partial charge < -0.3 is 15.8 Å². The van der Waals surface area contributed by atoms with E-state index in [4.69, 9.17) is 10.5 Å². The summed E-state index contributed by atoms with van der Waals surface area (Å²) in [6.07, 6.45) is 0.714. The first-order valence-electron chi connectivity index (χ1n) is 5.79. The first-order valence-corrected chi connectivity index (χ1v) is 5.79. The lowest BCUT2D eigenvalue weighted by molar-refractivity contribution is 0.0914. The average molecular weight is 240 g/mol. The van der Waals surface area contributed by atoms with Crippen LogP contribution in [0.1, 0.15) is 30.0 Å². The zero-order valence-corrected chi connectivity index (χ0v) is 10.6. The Balaban J connectivity index is 2.65. The molecule has 1 heterocycles. The third-order valence-electron chi connectivity index (χ3n) is 2.45. The molecule has 17 heavy (non-hydrogen) atoms. The Morgan fingerprint density at radius 1 is 1.53 bits per heavy atom. The fourth-order valence-electron chi connectivity index (χ4n) is 1.59. The summed E-state index contributed by atoms with van der Waals surface area (Å²) in [5.41, 5.74) is 7.50. The maximum atomic E-state index is 11.9. The lowest BCUT2D eigenvalue weighted by Crippen LogP contribution is -2.29. The maximum Gasteiger partial charge on any atom is 0.271 e. The van der Waals surface area contributed by atoms with Crippen molar-refractivity contribution >= 4 is 11.6 Å².